The summed E-state index contributed by atoms with van der Waals surface area (Å²) in [6.07, 6.45) is 13.6. The van der Waals surface area contributed by atoms with Crippen LogP contribution in [0.4, 0.5) is 5.82 Å². The number of carbonyl (C=O) groups excluding carboxylic acids is 1. The number of nitrogens with two attached hydrogens (primary N) is 1. The Morgan fingerprint density at radius 1 is 1.03 bits per heavy atom. The predicted octanol–water partition coefficient (Wildman–Crippen LogP) is 3.34. The van der Waals surface area contributed by atoms with Gasteiger partial charge in [0.25, 0.3) is 5.91 Å². The van der Waals surface area contributed by atoms with Gasteiger partial charge in [0.1, 0.15) is 12.1 Å². The van der Waals surface area contributed by atoms with Crippen LogP contribution in [-0.4, -0.2) is 64.2 Å². The zero-order chi connectivity index (χ0) is 26.1. The Kier molecular flexibility index (Phi) is 5.23. The van der Waals surface area contributed by atoms with Gasteiger partial charge >= 0.3 is 0 Å². The molecule has 7 heterocycles. The largest absolute Gasteiger partial charge is 0.383 e. The molecule has 1 saturated carbocycles. The number of nitrogens with zero attached hydrogens (tertiary/aromatic N) is 7. The van der Waals surface area contributed by atoms with Crippen LogP contribution in [0.3, 0.4) is 0 Å². The lowest BCUT2D eigenvalue weighted by Gasteiger charge is -2.39. The maximum Gasteiger partial charge on any atom is 0.292 e. The fourth-order valence-corrected chi connectivity index (χ4v) is 7.22. The molecule has 4 N–H and O–H groups in total. The molecule has 11 heteroatoms. The van der Waals surface area contributed by atoms with Gasteiger partial charge in [-0.3, -0.25) is 9.78 Å². The first-order valence-electron chi connectivity index (χ1n) is 14.2. The van der Waals surface area contributed by atoms with Crippen molar-refractivity contribution in [1.82, 2.24) is 45.0 Å². The summed E-state index contributed by atoms with van der Waals surface area (Å²) in [7, 11) is 0. The van der Waals surface area contributed by atoms with Crippen LogP contribution in [0.5, 0.6) is 0 Å². The minimum absolute atomic E-state index is 0.0504. The molecule has 200 valence electrons. The summed E-state index contributed by atoms with van der Waals surface area (Å²) in [5, 5.41) is 16.0. The number of hydrogen-bond donors (Lipinski definition) is 3. The van der Waals surface area contributed by atoms with Gasteiger partial charge < -0.3 is 20.9 Å². The Balaban J connectivity index is 1.15. The topological polar surface area (TPSA) is 143 Å². The molecule has 1 unspecified atom stereocenters. The number of rotatable bonds is 5. The molecule has 0 radical (unpaired) electrons. The number of pyridine rings is 1. The first-order valence-corrected chi connectivity index (χ1v) is 14.2. The standard InChI is InChI=1S/C28H32N10O/c29-25-23(15-3-4-15)24(17-10-18-6-7-19(11-17)37(18)28(39)26-32-14-33-36-26)35-27-20(13-34-38(25)27)16-5-8-22(31-12-16)21-2-1-9-30-21/h5,8,12-15,17-19,21,30H,1-4,6-7,9-11,29H2,(H,32,33,36)/t17-,18-,19+,21?. The molecule has 3 saturated heterocycles. The lowest BCUT2D eigenvalue weighted by molar-refractivity contribution is 0.0557. The van der Waals surface area contributed by atoms with Gasteiger partial charge in [0, 0.05) is 46.9 Å². The Hall–Kier alpha value is -3.86. The lowest BCUT2D eigenvalue weighted by Crippen LogP contribution is -2.46. The highest BCUT2D eigenvalue weighted by molar-refractivity contribution is 5.91. The third-order valence-electron chi connectivity index (χ3n) is 9.22. The summed E-state index contributed by atoms with van der Waals surface area (Å²) >= 11 is 0. The number of fused-ring (bicyclic) bond motifs is 3. The molecule has 4 aromatic heterocycles. The van der Waals surface area contributed by atoms with Crippen LogP contribution >= 0.6 is 0 Å². The van der Waals surface area contributed by atoms with E-state index in [9.17, 15) is 4.79 Å². The second-order valence-electron chi connectivity index (χ2n) is 11.6. The van der Waals surface area contributed by atoms with Gasteiger partial charge in [0.2, 0.25) is 5.82 Å². The summed E-state index contributed by atoms with van der Waals surface area (Å²) in [5.74, 6) is 1.67. The van der Waals surface area contributed by atoms with Gasteiger partial charge in [-0.15, -0.1) is 10.2 Å². The Morgan fingerprint density at radius 3 is 2.54 bits per heavy atom. The number of piperidine rings is 1. The average Bonchev–Trinajstić information content (AvgIpc) is 3.37. The average molecular weight is 525 g/mol. The third-order valence-corrected chi connectivity index (χ3v) is 9.22. The van der Waals surface area contributed by atoms with Crippen molar-refractivity contribution in [3.8, 4) is 11.1 Å². The van der Waals surface area contributed by atoms with Crippen molar-refractivity contribution < 1.29 is 4.79 Å². The van der Waals surface area contributed by atoms with Crippen molar-refractivity contribution in [2.24, 2.45) is 0 Å². The maximum absolute atomic E-state index is 13.2. The molecule has 0 spiro atoms. The summed E-state index contributed by atoms with van der Waals surface area (Å²) in [6.45, 7) is 1.05. The molecule has 4 aliphatic rings. The Bertz CT molecular complexity index is 1520. The minimum Gasteiger partial charge on any atom is -0.383 e. The van der Waals surface area contributed by atoms with Crippen LogP contribution in [0.15, 0.2) is 30.9 Å². The second kappa shape index (κ2) is 8.84. The van der Waals surface area contributed by atoms with Gasteiger partial charge in [-0.1, -0.05) is 6.07 Å². The van der Waals surface area contributed by atoms with E-state index < -0.39 is 0 Å². The van der Waals surface area contributed by atoms with E-state index in [2.05, 4.69) is 37.7 Å². The van der Waals surface area contributed by atoms with Crippen LogP contribution in [0.2, 0.25) is 0 Å². The Morgan fingerprint density at radius 2 is 1.87 bits per heavy atom. The highest BCUT2D eigenvalue weighted by atomic mass is 16.2. The first-order chi connectivity index (χ1) is 19.2. The molecule has 11 nitrogen and oxygen atoms in total. The third kappa shape index (κ3) is 3.74. The zero-order valence-electron chi connectivity index (χ0n) is 21.8. The van der Waals surface area contributed by atoms with E-state index in [0.29, 0.717) is 23.6 Å². The van der Waals surface area contributed by atoms with Gasteiger partial charge in [0.05, 0.1) is 17.6 Å². The summed E-state index contributed by atoms with van der Waals surface area (Å²) in [6, 6.07) is 4.91. The van der Waals surface area contributed by atoms with E-state index in [1.165, 1.54) is 12.7 Å². The van der Waals surface area contributed by atoms with Crippen molar-refractivity contribution in [1.29, 1.82) is 0 Å². The molecular formula is C28H32N10O. The van der Waals surface area contributed by atoms with Crippen molar-refractivity contribution >= 4 is 17.4 Å². The minimum atomic E-state index is -0.0504. The Labute approximate surface area is 225 Å². The second-order valence-corrected chi connectivity index (χ2v) is 11.6. The predicted molar refractivity (Wildman–Crippen MR) is 144 cm³/mol. The monoisotopic (exact) mass is 524 g/mol. The quantitative estimate of drug-likeness (QED) is 0.361. The number of nitrogens with one attached hydrogen (secondary N) is 2. The number of nitrogen functional groups attached to an aromatic ring is 1. The molecule has 3 aliphatic heterocycles. The normalized spacial score (nSPS) is 26.5. The summed E-state index contributed by atoms with van der Waals surface area (Å²) < 4.78 is 1.82. The summed E-state index contributed by atoms with van der Waals surface area (Å²) in [5.41, 5.74) is 12.9. The van der Waals surface area contributed by atoms with Gasteiger partial charge in [-0.05, 0) is 69.9 Å². The molecule has 4 atom stereocenters. The molecule has 0 aromatic carbocycles. The van der Waals surface area contributed by atoms with Crippen molar-refractivity contribution in [2.75, 3.05) is 12.3 Å². The fourth-order valence-electron chi connectivity index (χ4n) is 7.22. The van der Waals surface area contributed by atoms with E-state index in [1.54, 1.807) is 0 Å². The van der Waals surface area contributed by atoms with Gasteiger partial charge in [0.15, 0.2) is 5.65 Å². The van der Waals surface area contributed by atoms with Gasteiger partial charge in [-0.2, -0.15) is 9.61 Å². The molecular weight excluding hydrogens is 492 g/mol. The van der Waals surface area contributed by atoms with Crippen molar-refractivity contribution in [2.45, 2.75) is 81.3 Å². The molecule has 4 aromatic rings. The van der Waals surface area contributed by atoms with E-state index in [1.807, 2.05) is 21.8 Å². The van der Waals surface area contributed by atoms with Crippen LogP contribution < -0.4 is 11.1 Å². The zero-order valence-corrected chi connectivity index (χ0v) is 21.8. The van der Waals surface area contributed by atoms with Crippen molar-refractivity contribution in [3.63, 3.8) is 0 Å². The van der Waals surface area contributed by atoms with E-state index >= 15 is 0 Å². The van der Waals surface area contributed by atoms with Crippen LogP contribution in [0.1, 0.15) is 96.8 Å². The number of aromatic nitrogens is 7. The van der Waals surface area contributed by atoms with Crippen molar-refractivity contribution in [3.05, 3.63) is 53.6 Å². The fraction of sp³-hybridized carbons (Fsp3) is 0.500. The van der Waals surface area contributed by atoms with E-state index in [-0.39, 0.29) is 23.9 Å². The number of aromatic amines is 1. The van der Waals surface area contributed by atoms with E-state index in [0.717, 1.165) is 85.2 Å². The number of carbonyl (C=O) groups is 1. The molecule has 4 fully saturated rings. The number of amides is 1. The lowest BCUT2D eigenvalue weighted by atomic mass is 9.85. The number of anilines is 1. The SMILES string of the molecule is Nc1c(C2CC2)c([C@@H]2C[C@H]3CC[C@@H](C2)N3C(=O)c2nnc[nH]2)nc2c(-c3ccc(C4CCCN4)nc3)cnn12. The van der Waals surface area contributed by atoms with E-state index in [4.69, 9.17) is 15.7 Å². The summed E-state index contributed by atoms with van der Waals surface area (Å²) in [4.78, 5) is 28.2. The highest BCUT2D eigenvalue weighted by Gasteiger charge is 2.46. The first kappa shape index (κ1) is 23.1. The van der Waals surface area contributed by atoms with Crippen LogP contribution in [0.25, 0.3) is 16.8 Å². The van der Waals surface area contributed by atoms with Gasteiger partial charge in [-0.25, -0.2) is 4.98 Å². The van der Waals surface area contributed by atoms with Crippen LogP contribution in [-0.2, 0) is 0 Å². The number of H-pyrrole nitrogens is 1. The highest BCUT2D eigenvalue weighted by Crippen LogP contribution is 2.50. The van der Waals surface area contributed by atoms with Crippen LogP contribution in [0, 0.1) is 0 Å². The molecule has 39 heavy (non-hydrogen) atoms. The molecule has 1 aliphatic carbocycles. The molecule has 1 amide bonds. The maximum atomic E-state index is 13.2. The molecule has 2 bridgehead atoms. The molecule has 8 rings (SSSR count). The smallest absolute Gasteiger partial charge is 0.292 e. The number of hydrogen-bond acceptors (Lipinski definition) is 8.